The number of hydrogen-bond donors (Lipinski definition) is 3. The summed E-state index contributed by atoms with van der Waals surface area (Å²) < 4.78 is 80.6. The molecule has 0 spiro atoms. The number of rotatable bonds is 11. The van der Waals surface area contributed by atoms with Gasteiger partial charge in [-0.05, 0) is 49.7 Å². The van der Waals surface area contributed by atoms with E-state index < -0.39 is 78.3 Å². The lowest BCUT2D eigenvalue weighted by molar-refractivity contribution is -0.207. The van der Waals surface area contributed by atoms with Gasteiger partial charge >= 0.3 is 18.0 Å². The monoisotopic (exact) mass is 649 g/mol. The third kappa shape index (κ3) is 8.25. The molecular formula is C27H26ClF6N5O5. The molecule has 1 aromatic heterocycles. The van der Waals surface area contributed by atoms with Crippen LogP contribution in [0.15, 0.2) is 53.3 Å². The van der Waals surface area contributed by atoms with Gasteiger partial charge in [0.2, 0.25) is 11.8 Å². The molecule has 0 bridgehead atoms. The number of aliphatic hydroxyl groups is 1. The van der Waals surface area contributed by atoms with Gasteiger partial charge in [-0.25, -0.2) is 9.48 Å². The van der Waals surface area contributed by atoms with Gasteiger partial charge in [-0.2, -0.15) is 26.3 Å². The number of primary amides is 1. The first-order chi connectivity index (χ1) is 20.2. The molecule has 2 atom stereocenters. The van der Waals surface area contributed by atoms with Gasteiger partial charge in [-0.1, -0.05) is 29.8 Å². The van der Waals surface area contributed by atoms with Crippen LogP contribution in [0.2, 0.25) is 5.02 Å². The fourth-order valence-electron chi connectivity index (χ4n) is 4.01. The second kappa shape index (κ2) is 12.8. The second-order valence-corrected chi connectivity index (χ2v) is 10.8. The number of aromatic nitrogens is 3. The van der Waals surface area contributed by atoms with Crippen LogP contribution in [-0.4, -0.2) is 54.9 Å². The number of alkyl halides is 6. The van der Waals surface area contributed by atoms with Gasteiger partial charge in [0, 0.05) is 17.0 Å². The summed E-state index contributed by atoms with van der Waals surface area (Å²) in [5, 5.41) is 16.1. The molecule has 2 aromatic carbocycles. The Balaban J connectivity index is 2.01. The molecule has 0 aliphatic rings. The molecule has 17 heteroatoms. The van der Waals surface area contributed by atoms with Crippen molar-refractivity contribution < 1.29 is 45.8 Å². The van der Waals surface area contributed by atoms with Crippen molar-refractivity contribution in [3.63, 3.8) is 0 Å². The Morgan fingerprint density at radius 3 is 2.20 bits per heavy atom. The minimum absolute atomic E-state index is 0.113. The predicted molar refractivity (Wildman–Crippen MR) is 144 cm³/mol. The molecule has 3 aromatic rings. The minimum Gasteiger partial charge on any atom is -0.382 e. The van der Waals surface area contributed by atoms with Crippen LogP contribution in [0.1, 0.15) is 37.3 Å². The molecule has 4 N–H and O–H groups in total. The topological polar surface area (TPSA) is 149 Å². The van der Waals surface area contributed by atoms with Crippen molar-refractivity contribution in [3.05, 3.63) is 75.2 Å². The fourth-order valence-corrected chi connectivity index (χ4v) is 4.13. The highest BCUT2D eigenvalue weighted by molar-refractivity contribution is 6.30. The number of carbonyl (C=O) groups is 3. The van der Waals surface area contributed by atoms with Gasteiger partial charge in [0.15, 0.2) is 17.7 Å². The summed E-state index contributed by atoms with van der Waals surface area (Å²) in [7, 11) is 0. The Morgan fingerprint density at radius 1 is 1.05 bits per heavy atom. The number of ketones is 1. The van der Waals surface area contributed by atoms with Crippen LogP contribution in [0.4, 0.5) is 26.3 Å². The van der Waals surface area contributed by atoms with Crippen LogP contribution in [0.25, 0.3) is 11.4 Å². The number of nitrogens with one attached hydrogen (secondary N) is 1. The molecule has 238 valence electrons. The summed E-state index contributed by atoms with van der Waals surface area (Å²) in [4.78, 5) is 51.2. The Kier molecular flexibility index (Phi) is 9.99. The number of carbonyl (C=O) groups excluding carboxylic acids is 3. The van der Waals surface area contributed by atoms with E-state index in [9.17, 15) is 50.6 Å². The molecule has 0 saturated heterocycles. The second-order valence-electron chi connectivity index (χ2n) is 10.3. The summed E-state index contributed by atoms with van der Waals surface area (Å²) in [6.07, 6.45) is -13.7. The van der Waals surface area contributed by atoms with Crippen LogP contribution < -0.4 is 16.7 Å². The Morgan fingerprint density at radius 2 is 1.66 bits per heavy atom. The van der Waals surface area contributed by atoms with Gasteiger partial charge in [-0.15, -0.1) is 5.10 Å². The zero-order chi connectivity index (χ0) is 33.2. The molecule has 0 aliphatic heterocycles. The SMILES string of the molecule is CC(C)(NC(=O)C(CC(=O)Cn1nc(-c2ccc(Cl)cc2)n(C[C@H](O)C(F)(F)F)c1=O)c1cccc(C(F)(F)F)c1)C(N)=O. The van der Waals surface area contributed by atoms with Crippen molar-refractivity contribution in [1.82, 2.24) is 19.7 Å². The number of Topliss-reactive ketones (excluding diaryl/α,β-unsaturated/α-hetero) is 1. The van der Waals surface area contributed by atoms with Gasteiger partial charge in [0.25, 0.3) is 0 Å². The maximum absolute atomic E-state index is 13.4. The molecule has 0 saturated carbocycles. The Bertz CT molecular complexity index is 1600. The summed E-state index contributed by atoms with van der Waals surface area (Å²) in [5.74, 6) is -4.89. The first-order valence-electron chi connectivity index (χ1n) is 12.7. The van der Waals surface area contributed by atoms with E-state index in [-0.39, 0.29) is 22.0 Å². The largest absolute Gasteiger partial charge is 0.416 e. The first-order valence-corrected chi connectivity index (χ1v) is 13.1. The predicted octanol–water partition coefficient (Wildman–Crippen LogP) is 3.43. The van der Waals surface area contributed by atoms with Crippen molar-refractivity contribution in [2.24, 2.45) is 5.73 Å². The van der Waals surface area contributed by atoms with Crippen molar-refractivity contribution >= 4 is 29.2 Å². The average Bonchev–Trinajstić information content (AvgIpc) is 3.20. The van der Waals surface area contributed by atoms with Crippen LogP contribution in [-0.2, 0) is 33.6 Å². The van der Waals surface area contributed by atoms with E-state index in [4.69, 9.17) is 17.3 Å². The maximum atomic E-state index is 13.4. The number of hydrogen-bond acceptors (Lipinski definition) is 6. The number of aliphatic hydroxyl groups excluding tert-OH is 1. The van der Waals surface area contributed by atoms with E-state index in [2.05, 4.69) is 10.4 Å². The first kappa shape index (κ1) is 34.3. The van der Waals surface area contributed by atoms with Crippen molar-refractivity contribution in [2.45, 2.75) is 63.3 Å². The van der Waals surface area contributed by atoms with E-state index in [1.165, 1.54) is 38.1 Å². The lowest BCUT2D eigenvalue weighted by Gasteiger charge is -2.26. The van der Waals surface area contributed by atoms with Crippen LogP contribution in [0, 0.1) is 0 Å². The summed E-state index contributed by atoms with van der Waals surface area (Å²) in [5.41, 5.74) is 1.13. The third-order valence-corrected chi connectivity index (χ3v) is 6.75. The number of benzene rings is 2. The minimum atomic E-state index is -5.10. The zero-order valence-corrected chi connectivity index (χ0v) is 23.8. The van der Waals surface area contributed by atoms with Gasteiger partial charge in [-0.3, -0.25) is 19.0 Å². The molecule has 44 heavy (non-hydrogen) atoms. The van der Waals surface area contributed by atoms with E-state index in [1.54, 1.807) is 0 Å². The van der Waals surface area contributed by atoms with Crippen LogP contribution >= 0.6 is 11.6 Å². The van der Waals surface area contributed by atoms with Gasteiger partial charge in [0.1, 0.15) is 12.1 Å². The normalized spacial score (nSPS) is 13.8. The quantitative estimate of drug-likeness (QED) is 0.271. The van der Waals surface area contributed by atoms with E-state index in [1.807, 2.05) is 0 Å². The highest BCUT2D eigenvalue weighted by Gasteiger charge is 2.40. The number of halogens is 7. The number of nitrogens with two attached hydrogens (primary N) is 1. The van der Waals surface area contributed by atoms with Crippen LogP contribution in [0.5, 0.6) is 0 Å². The van der Waals surface area contributed by atoms with Crippen LogP contribution in [0.3, 0.4) is 0 Å². The molecule has 0 fully saturated rings. The zero-order valence-electron chi connectivity index (χ0n) is 23.0. The highest BCUT2D eigenvalue weighted by atomic mass is 35.5. The molecule has 0 radical (unpaired) electrons. The molecular weight excluding hydrogens is 624 g/mol. The number of nitrogens with zero attached hydrogens (tertiary/aromatic N) is 3. The summed E-state index contributed by atoms with van der Waals surface area (Å²) >= 11 is 5.86. The van der Waals surface area contributed by atoms with Gasteiger partial charge in [0.05, 0.1) is 18.0 Å². The Labute approximate surface area is 250 Å². The smallest absolute Gasteiger partial charge is 0.382 e. The average molecular weight is 650 g/mol. The Hall–Kier alpha value is -4.18. The highest BCUT2D eigenvalue weighted by Crippen LogP contribution is 2.32. The molecule has 1 heterocycles. The van der Waals surface area contributed by atoms with Crippen molar-refractivity contribution in [3.8, 4) is 11.4 Å². The number of amides is 2. The summed E-state index contributed by atoms with van der Waals surface area (Å²) in [6, 6.07) is 8.95. The molecule has 2 amide bonds. The summed E-state index contributed by atoms with van der Waals surface area (Å²) in [6.45, 7) is 0.290. The molecule has 0 aliphatic carbocycles. The maximum Gasteiger partial charge on any atom is 0.416 e. The van der Waals surface area contributed by atoms with E-state index >= 15 is 0 Å². The molecule has 10 nitrogen and oxygen atoms in total. The van der Waals surface area contributed by atoms with Crippen molar-refractivity contribution in [2.75, 3.05) is 0 Å². The molecule has 1 unspecified atom stereocenters. The van der Waals surface area contributed by atoms with Gasteiger partial charge < -0.3 is 16.2 Å². The van der Waals surface area contributed by atoms with Crippen molar-refractivity contribution in [1.29, 1.82) is 0 Å². The standard InChI is InChI=1S/C27H26ClF6N5O5/c1-25(2,23(35)43)36-22(42)19(15-4-3-5-16(10-15)26(29,30)31)11-18(40)12-39-24(44)38(13-20(41)27(32,33)34)21(37-39)14-6-8-17(28)9-7-14/h3-10,19-20,41H,11-13H2,1-2H3,(H2,35,43)(H,36,42)/t19?,20-/m0/s1. The molecule has 3 rings (SSSR count). The lowest BCUT2D eigenvalue weighted by Crippen LogP contribution is -2.54. The van der Waals surface area contributed by atoms with E-state index in [0.29, 0.717) is 15.3 Å². The fraction of sp³-hybridized carbons (Fsp3) is 0.370. The van der Waals surface area contributed by atoms with E-state index in [0.717, 1.165) is 18.2 Å². The third-order valence-electron chi connectivity index (χ3n) is 6.50. The lowest BCUT2D eigenvalue weighted by atomic mass is 9.90.